The van der Waals surface area contributed by atoms with E-state index in [1.165, 1.54) is 4.90 Å². The van der Waals surface area contributed by atoms with Gasteiger partial charge in [-0.05, 0) is 19.8 Å². The number of nitrogens with one attached hydrogen (secondary N) is 2. The van der Waals surface area contributed by atoms with Crippen molar-refractivity contribution in [2.75, 3.05) is 13.1 Å². The first-order chi connectivity index (χ1) is 9.52. The Morgan fingerprint density at radius 3 is 2.86 bits per heavy atom. The van der Waals surface area contributed by atoms with Crippen LogP contribution in [0.3, 0.4) is 0 Å². The van der Waals surface area contributed by atoms with E-state index in [-0.39, 0.29) is 19.9 Å². The summed E-state index contributed by atoms with van der Waals surface area (Å²) in [4.78, 5) is 36.2. The Balaban J connectivity index is 0.00000220. The maximum Gasteiger partial charge on any atom is 0.408 e. The zero-order valence-corrected chi connectivity index (χ0v) is 11.1. The predicted molar refractivity (Wildman–Crippen MR) is 73.0 cm³/mol. The van der Waals surface area contributed by atoms with Crippen molar-refractivity contribution in [3.05, 3.63) is 0 Å². The number of carbonyl (C=O) groups is 3. The fourth-order valence-corrected chi connectivity index (χ4v) is 2.37. The summed E-state index contributed by atoms with van der Waals surface area (Å²) in [6.07, 6.45) is 0.241. The molecule has 2 aliphatic rings. The van der Waals surface area contributed by atoms with Crippen molar-refractivity contribution in [3.63, 3.8) is 0 Å². The lowest BCUT2D eigenvalue weighted by atomic mass is 10.2. The van der Waals surface area contributed by atoms with E-state index in [2.05, 4.69) is 16.7 Å². The van der Waals surface area contributed by atoms with E-state index < -0.39 is 30.2 Å². The van der Waals surface area contributed by atoms with Crippen LogP contribution in [-0.2, 0) is 14.3 Å². The number of nitrogens with zero attached hydrogens (tertiary/aromatic N) is 2. The maximum absolute atomic E-state index is 11.9. The van der Waals surface area contributed by atoms with Crippen LogP contribution in [0.5, 0.6) is 0 Å². The lowest BCUT2D eigenvalue weighted by Gasteiger charge is -2.20. The molecule has 0 bridgehead atoms. The van der Waals surface area contributed by atoms with Gasteiger partial charge < -0.3 is 20.3 Å². The largest absolute Gasteiger partial charge is 0.444 e. The molecule has 2 rings (SSSR count). The lowest BCUT2D eigenvalue weighted by molar-refractivity contribution is -0.133. The molecule has 0 aromatic carbocycles. The first-order valence-corrected chi connectivity index (χ1v) is 6.47. The second kappa shape index (κ2) is 6.92. The minimum Gasteiger partial charge on any atom is -0.444 e. The molecule has 0 aromatic rings. The van der Waals surface area contributed by atoms with Crippen molar-refractivity contribution in [1.82, 2.24) is 15.5 Å². The number of carbonyl (C=O) groups excluding carboxylic acids is 3. The van der Waals surface area contributed by atoms with Crippen LogP contribution in [0.1, 0.15) is 27.2 Å². The molecule has 3 amide bonds. The quantitative estimate of drug-likeness (QED) is 0.746. The van der Waals surface area contributed by atoms with E-state index in [1.807, 2.05) is 0 Å². The average Bonchev–Trinajstić information content (AvgIpc) is 3.01. The average molecular weight is 296 g/mol. The molecule has 116 valence electrons. The fourth-order valence-electron chi connectivity index (χ4n) is 2.37. The minimum absolute atomic E-state index is 0. The van der Waals surface area contributed by atoms with Crippen LogP contribution in [0.25, 0.3) is 0 Å². The topological polar surface area (TPSA) is 112 Å². The number of cyclic esters (lactones) is 1. The molecule has 21 heavy (non-hydrogen) atoms. The first-order valence-electron chi connectivity index (χ1n) is 6.47. The highest BCUT2D eigenvalue weighted by Gasteiger charge is 2.36. The molecule has 8 nitrogen and oxygen atoms in total. The third-order valence-electron chi connectivity index (χ3n) is 3.45. The molecule has 2 aliphatic heterocycles. The third kappa shape index (κ3) is 3.62. The lowest BCUT2D eigenvalue weighted by Crippen LogP contribution is -2.49. The normalized spacial score (nSPS) is 27.1. The number of hydrogen-bond donors (Lipinski definition) is 2. The summed E-state index contributed by atoms with van der Waals surface area (Å²) in [5.41, 5.74) is 0. The monoisotopic (exact) mass is 296 g/mol. The van der Waals surface area contributed by atoms with Gasteiger partial charge in [0.15, 0.2) is 0 Å². The van der Waals surface area contributed by atoms with Gasteiger partial charge in [0.1, 0.15) is 18.2 Å². The van der Waals surface area contributed by atoms with E-state index in [0.29, 0.717) is 13.0 Å². The van der Waals surface area contributed by atoms with E-state index in [1.54, 1.807) is 6.92 Å². The number of likely N-dealkylation sites (tertiary alicyclic amines) is 1. The second-order valence-electron chi connectivity index (χ2n) is 4.82. The summed E-state index contributed by atoms with van der Waals surface area (Å²) in [7, 11) is 0. The summed E-state index contributed by atoms with van der Waals surface area (Å²) in [6, 6.07) is 0.865. The van der Waals surface area contributed by atoms with Crippen molar-refractivity contribution in [1.29, 1.82) is 5.26 Å². The van der Waals surface area contributed by atoms with Crippen molar-refractivity contribution in [3.8, 4) is 6.07 Å². The third-order valence-corrected chi connectivity index (χ3v) is 3.45. The number of alkyl carbamates (subject to hydrolysis) is 1. The Labute approximate surface area is 123 Å². The van der Waals surface area contributed by atoms with Gasteiger partial charge in [0.05, 0.1) is 12.6 Å². The van der Waals surface area contributed by atoms with Crippen LogP contribution in [-0.4, -0.2) is 54.1 Å². The second-order valence-corrected chi connectivity index (χ2v) is 4.82. The molecule has 3 atom stereocenters. The molecule has 2 heterocycles. The number of ether oxygens (including phenoxy) is 1. The van der Waals surface area contributed by atoms with Gasteiger partial charge in [-0.25, -0.2) is 4.79 Å². The standard InChI is InChI=1S/C12H16N4O4.CH4/c1-7-10(15-12(19)20-7)11(18)14-6-9(17)16-4-2-3-8(16)5-13;/h7-8,10H,2-4,6H2,1H3,(H,14,18)(H,15,19);1H4/t7-,8-,10-;/m0./s1. The van der Waals surface area contributed by atoms with E-state index in [9.17, 15) is 14.4 Å². The minimum atomic E-state index is -0.791. The van der Waals surface area contributed by atoms with E-state index in [0.717, 1.165) is 6.42 Å². The fraction of sp³-hybridized carbons (Fsp3) is 0.692. The molecule has 2 N–H and O–H groups in total. The Morgan fingerprint density at radius 2 is 2.29 bits per heavy atom. The summed E-state index contributed by atoms with van der Waals surface area (Å²) in [6.45, 7) is 1.94. The molecule has 0 saturated carbocycles. The molecule has 2 saturated heterocycles. The van der Waals surface area contributed by atoms with Crippen molar-refractivity contribution >= 4 is 17.9 Å². The molecule has 0 radical (unpaired) electrons. The summed E-state index contributed by atoms with van der Waals surface area (Å²) in [5.74, 6) is -0.760. The number of amides is 3. The molecule has 0 spiro atoms. The van der Waals surface area contributed by atoms with Crippen LogP contribution >= 0.6 is 0 Å². The van der Waals surface area contributed by atoms with Crippen LogP contribution < -0.4 is 10.6 Å². The molecular formula is C13H20N4O4. The Hall–Kier alpha value is -2.30. The number of rotatable bonds is 3. The highest BCUT2D eigenvalue weighted by molar-refractivity contribution is 5.91. The number of nitriles is 1. The van der Waals surface area contributed by atoms with Crippen LogP contribution in [0.4, 0.5) is 4.79 Å². The zero-order chi connectivity index (χ0) is 14.7. The maximum atomic E-state index is 11.9. The molecular weight excluding hydrogens is 276 g/mol. The van der Waals surface area contributed by atoms with Gasteiger partial charge in [0, 0.05) is 6.54 Å². The highest BCUT2D eigenvalue weighted by Crippen LogP contribution is 2.16. The van der Waals surface area contributed by atoms with Gasteiger partial charge in [-0.15, -0.1) is 0 Å². The van der Waals surface area contributed by atoms with Gasteiger partial charge in [-0.3, -0.25) is 9.59 Å². The Kier molecular flexibility index (Phi) is 5.52. The van der Waals surface area contributed by atoms with E-state index >= 15 is 0 Å². The molecule has 0 aromatic heterocycles. The molecule has 2 fully saturated rings. The van der Waals surface area contributed by atoms with Crippen molar-refractivity contribution in [2.24, 2.45) is 0 Å². The van der Waals surface area contributed by atoms with Gasteiger partial charge in [-0.1, -0.05) is 7.43 Å². The van der Waals surface area contributed by atoms with Gasteiger partial charge in [0.25, 0.3) is 0 Å². The smallest absolute Gasteiger partial charge is 0.408 e. The van der Waals surface area contributed by atoms with Gasteiger partial charge in [-0.2, -0.15) is 5.26 Å². The molecule has 0 unspecified atom stereocenters. The Bertz CT molecular complexity index is 473. The van der Waals surface area contributed by atoms with Crippen molar-refractivity contribution in [2.45, 2.75) is 45.4 Å². The zero-order valence-electron chi connectivity index (χ0n) is 11.1. The summed E-state index contributed by atoms with van der Waals surface area (Å²) in [5, 5.41) is 13.7. The SMILES string of the molecule is C.C[C@@H]1OC(=O)N[C@@H]1C(=O)NCC(=O)N1CCC[C@H]1C#N. The highest BCUT2D eigenvalue weighted by atomic mass is 16.6. The number of hydrogen-bond acceptors (Lipinski definition) is 5. The van der Waals surface area contributed by atoms with Crippen LogP contribution in [0.2, 0.25) is 0 Å². The van der Waals surface area contributed by atoms with Crippen molar-refractivity contribution < 1.29 is 19.1 Å². The Morgan fingerprint density at radius 1 is 1.57 bits per heavy atom. The molecule has 0 aliphatic carbocycles. The summed E-state index contributed by atoms with van der Waals surface area (Å²) >= 11 is 0. The van der Waals surface area contributed by atoms with Crippen LogP contribution in [0, 0.1) is 11.3 Å². The van der Waals surface area contributed by atoms with E-state index in [4.69, 9.17) is 10.00 Å². The first kappa shape index (κ1) is 16.8. The van der Waals surface area contributed by atoms with Gasteiger partial charge >= 0.3 is 6.09 Å². The predicted octanol–water partition coefficient (Wildman–Crippen LogP) is -0.250. The summed E-state index contributed by atoms with van der Waals surface area (Å²) < 4.78 is 4.79. The van der Waals surface area contributed by atoms with Crippen LogP contribution in [0.15, 0.2) is 0 Å². The van der Waals surface area contributed by atoms with Gasteiger partial charge in [0.2, 0.25) is 11.8 Å². The molecule has 8 heteroatoms.